The molecule has 2 aromatic heterocycles. The highest BCUT2D eigenvalue weighted by atomic mass is 35.5. The van der Waals surface area contributed by atoms with E-state index in [4.69, 9.17) is 16.0 Å². The van der Waals surface area contributed by atoms with Gasteiger partial charge in [0.15, 0.2) is 10.9 Å². The van der Waals surface area contributed by atoms with Gasteiger partial charge in [0.1, 0.15) is 5.76 Å². The van der Waals surface area contributed by atoms with Crippen LogP contribution in [0.3, 0.4) is 0 Å². The van der Waals surface area contributed by atoms with Crippen LogP contribution in [0.5, 0.6) is 0 Å². The lowest BCUT2D eigenvalue weighted by Gasteiger charge is -2.15. The molecule has 2 heterocycles. The summed E-state index contributed by atoms with van der Waals surface area (Å²) < 4.78 is 6.84. The third kappa shape index (κ3) is 3.00. The number of para-hydroxylation sites is 1. The zero-order chi connectivity index (χ0) is 18.1. The van der Waals surface area contributed by atoms with Crippen molar-refractivity contribution in [1.29, 1.82) is 0 Å². The number of halogens is 1. The number of thiazole rings is 1. The predicted molar refractivity (Wildman–Crippen MR) is 106 cm³/mol. The summed E-state index contributed by atoms with van der Waals surface area (Å²) in [6, 6.07) is 18.7. The molecule has 0 aliphatic carbocycles. The van der Waals surface area contributed by atoms with Crippen molar-refractivity contribution in [3.05, 3.63) is 71.4 Å². The van der Waals surface area contributed by atoms with E-state index in [1.165, 1.54) is 11.3 Å². The Hall–Kier alpha value is -2.63. The van der Waals surface area contributed by atoms with Crippen LogP contribution >= 0.6 is 22.9 Å². The van der Waals surface area contributed by atoms with Gasteiger partial charge in [0, 0.05) is 12.1 Å². The fourth-order valence-electron chi connectivity index (χ4n) is 2.73. The molecule has 0 aliphatic rings. The molecular weight excluding hydrogens is 368 g/mol. The molecule has 4 aromatic rings. The quantitative estimate of drug-likeness (QED) is 0.443. The zero-order valence-corrected chi connectivity index (χ0v) is 15.6. The Bertz CT molecular complexity index is 1050. The lowest BCUT2D eigenvalue weighted by atomic mass is 10.2. The largest absolute Gasteiger partial charge is 0.451 e. The van der Waals surface area contributed by atoms with Gasteiger partial charge in [-0.05, 0) is 43.3 Å². The second-order valence-electron chi connectivity index (χ2n) is 5.66. The molecule has 0 aliphatic heterocycles. The highest BCUT2D eigenvalue weighted by Crippen LogP contribution is 2.32. The number of fused-ring (bicyclic) bond motifs is 1. The van der Waals surface area contributed by atoms with Crippen molar-refractivity contribution in [2.45, 2.75) is 6.92 Å². The van der Waals surface area contributed by atoms with Crippen LogP contribution in [0.25, 0.3) is 21.5 Å². The number of amides is 1. The number of nitrogens with zero attached hydrogens (tertiary/aromatic N) is 2. The topological polar surface area (TPSA) is 46.3 Å². The summed E-state index contributed by atoms with van der Waals surface area (Å²) in [5, 5.41) is 1.24. The molecule has 0 atom stereocenters. The smallest absolute Gasteiger partial charge is 0.295 e. The maximum Gasteiger partial charge on any atom is 0.295 e. The van der Waals surface area contributed by atoms with Crippen LogP contribution in [-0.4, -0.2) is 17.4 Å². The monoisotopic (exact) mass is 382 g/mol. The Morgan fingerprint density at radius 3 is 2.65 bits per heavy atom. The number of aromatic nitrogens is 1. The molecule has 0 bridgehead atoms. The van der Waals surface area contributed by atoms with Gasteiger partial charge >= 0.3 is 0 Å². The standard InChI is InChI=1S/C20H15ClN2O2S/c1-2-23(20-22-15-9-5-6-10-18(15)26-20)19(24)17-12-11-16(25-17)13-7-3-4-8-14(13)21/h3-12H,2H2,1H3. The molecule has 0 radical (unpaired) electrons. The summed E-state index contributed by atoms with van der Waals surface area (Å²) in [6.07, 6.45) is 0. The van der Waals surface area contributed by atoms with Crippen LogP contribution in [0.4, 0.5) is 5.13 Å². The number of carbonyl (C=O) groups is 1. The third-order valence-corrected chi connectivity index (χ3v) is 5.42. The van der Waals surface area contributed by atoms with Crippen LogP contribution in [0, 0.1) is 0 Å². The van der Waals surface area contributed by atoms with E-state index in [0.717, 1.165) is 15.8 Å². The number of benzene rings is 2. The SMILES string of the molecule is CCN(C(=O)c1ccc(-c2ccccc2Cl)o1)c1nc2ccccc2s1. The summed E-state index contributed by atoms with van der Waals surface area (Å²) >= 11 is 7.70. The van der Waals surface area contributed by atoms with E-state index in [1.54, 1.807) is 23.1 Å². The van der Waals surface area contributed by atoms with Crippen molar-refractivity contribution in [2.24, 2.45) is 0 Å². The molecule has 2 aromatic carbocycles. The molecule has 0 fully saturated rings. The van der Waals surface area contributed by atoms with E-state index in [9.17, 15) is 4.79 Å². The Labute approximate surface area is 159 Å². The molecule has 26 heavy (non-hydrogen) atoms. The number of carbonyl (C=O) groups excluding carboxylic acids is 1. The van der Waals surface area contributed by atoms with E-state index >= 15 is 0 Å². The second-order valence-corrected chi connectivity index (χ2v) is 7.07. The van der Waals surface area contributed by atoms with Gasteiger partial charge in [0.05, 0.1) is 15.2 Å². The first kappa shape index (κ1) is 16.8. The molecule has 0 saturated heterocycles. The summed E-state index contributed by atoms with van der Waals surface area (Å²) in [5.41, 5.74) is 1.64. The average molecular weight is 383 g/mol. The molecule has 0 saturated carbocycles. The van der Waals surface area contributed by atoms with Crippen molar-refractivity contribution >= 4 is 44.2 Å². The zero-order valence-electron chi connectivity index (χ0n) is 14.0. The van der Waals surface area contributed by atoms with Gasteiger partial charge in [-0.2, -0.15) is 0 Å². The van der Waals surface area contributed by atoms with Crippen molar-refractivity contribution in [3.8, 4) is 11.3 Å². The minimum Gasteiger partial charge on any atom is -0.451 e. The lowest BCUT2D eigenvalue weighted by Crippen LogP contribution is -2.30. The molecule has 1 amide bonds. The van der Waals surface area contributed by atoms with Crippen LogP contribution in [0.1, 0.15) is 17.5 Å². The van der Waals surface area contributed by atoms with E-state index < -0.39 is 0 Å². The molecule has 4 rings (SSSR count). The molecule has 6 heteroatoms. The molecule has 4 nitrogen and oxygen atoms in total. The fourth-order valence-corrected chi connectivity index (χ4v) is 3.99. The van der Waals surface area contributed by atoms with E-state index in [2.05, 4.69) is 4.98 Å². The number of furan rings is 1. The molecule has 0 unspecified atom stereocenters. The van der Waals surface area contributed by atoms with Crippen LogP contribution < -0.4 is 4.90 Å². The lowest BCUT2D eigenvalue weighted by molar-refractivity contribution is 0.0962. The molecule has 0 N–H and O–H groups in total. The molecule has 130 valence electrons. The minimum atomic E-state index is -0.218. The predicted octanol–water partition coefficient (Wildman–Crippen LogP) is 5.88. The van der Waals surface area contributed by atoms with Gasteiger partial charge in [-0.15, -0.1) is 0 Å². The normalized spacial score (nSPS) is 11.0. The summed E-state index contributed by atoms with van der Waals surface area (Å²) in [7, 11) is 0. The van der Waals surface area contributed by atoms with Crippen molar-refractivity contribution < 1.29 is 9.21 Å². The van der Waals surface area contributed by atoms with Crippen molar-refractivity contribution in [2.75, 3.05) is 11.4 Å². The first-order valence-corrected chi connectivity index (χ1v) is 9.39. The van der Waals surface area contributed by atoms with Crippen molar-refractivity contribution in [1.82, 2.24) is 4.98 Å². The van der Waals surface area contributed by atoms with Crippen LogP contribution in [0.2, 0.25) is 5.02 Å². The van der Waals surface area contributed by atoms with Gasteiger partial charge in [0.25, 0.3) is 5.91 Å². The van der Waals surface area contributed by atoms with E-state index in [0.29, 0.717) is 22.5 Å². The fraction of sp³-hybridized carbons (Fsp3) is 0.100. The maximum atomic E-state index is 12.9. The number of anilines is 1. The highest BCUT2D eigenvalue weighted by molar-refractivity contribution is 7.22. The minimum absolute atomic E-state index is 0.218. The third-order valence-electron chi connectivity index (χ3n) is 4.03. The van der Waals surface area contributed by atoms with Gasteiger partial charge in [-0.25, -0.2) is 4.98 Å². The van der Waals surface area contributed by atoms with Crippen LogP contribution in [-0.2, 0) is 0 Å². The van der Waals surface area contributed by atoms with Crippen molar-refractivity contribution in [3.63, 3.8) is 0 Å². The highest BCUT2D eigenvalue weighted by Gasteiger charge is 2.23. The number of hydrogen-bond donors (Lipinski definition) is 0. The van der Waals surface area contributed by atoms with E-state index in [1.807, 2.05) is 49.4 Å². The summed E-state index contributed by atoms with van der Waals surface area (Å²) in [5.74, 6) is 0.616. The van der Waals surface area contributed by atoms with Gasteiger partial charge in [0.2, 0.25) is 0 Å². The Morgan fingerprint density at radius 2 is 1.88 bits per heavy atom. The average Bonchev–Trinajstić information content (AvgIpc) is 3.29. The van der Waals surface area contributed by atoms with Crippen LogP contribution in [0.15, 0.2) is 65.1 Å². The molecular formula is C20H15ClN2O2S. The summed E-state index contributed by atoms with van der Waals surface area (Å²) in [6.45, 7) is 2.42. The Kier molecular flexibility index (Phi) is 4.49. The maximum absolute atomic E-state index is 12.9. The summed E-state index contributed by atoms with van der Waals surface area (Å²) in [4.78, 5) is 19.1. The first-order chi connectivity index (χ1) is 12.7. The van der Waals surface area contributed by atoms with E-state index in [-0.39, 0.29) is 11.7 Å². The Balaban J connectivity index is 1.66. The second kappa shape index (κ2) is 6.94. The first-order valence-electron chi connectivity index (χ1n) is 8.19. The number of hydrogen-bond acceptors (Lipinski definition) is 4. The number of rotatable bonds is 4. The van der Waals surface area contributed by atoms with Gasteiger partial charge < -0.3 is 4.42 Å². The van der Waals surface area contributed by atoms with Gasteiger partial charge in [-0.1, -0.05) is 47.2 Å². The Morgan fingerprint density at radius 1 is 1.12 bits per heavy atom. The van der Waals surface area contributed by atoms with Gasteiger partial charge in [-0.3, -0.25) is 9.69 Å². The molecule has 0 spiro atoms.